The van der Waals surface area contributed by atoms with Gasteiger partial charge in [0.2, 0.25) is 18.0 Å². The molecule has 4 saturated carbocycles. The number of hydrogen-bond acceptors (Lipinski definition) is 16. The van der Waals surface area contributed by atoms with Crippen molar-refractivity contribution < 1.29 is 77.0 Å². The third kappa shape index (κ3) is 10.1. The molecule has 1 aliphatic heterocycles. The normalized spacial score (nSPS) is 29.0. The van der Waals surface area contributed by atoms with Gasteiger partial charge < -0.3 is 58.7 Å². The number of Topliss-reactive ketones (excluding diaryl/α,β-unsaturated/α-hetero) is 1. The molecule has 2 heterocycles. The highest BCUT2D eigenvalue weighted by Crippen LogP contribution is 2.67. The van der Waals surface area contributed by atoms with Gasteiger partial charge in [-0.1, -0.05) is 25.5 Å². The van der Waals surface area contributed by atoms with Crippen LogP contribution in [0, 0.1) is 34.4 Å². The summed E-state index contributed by atoms with van der Waals surface area (Å²) in [5, 5.41) is 35.9. The minimum Gasteiger partial charge on any atom is -0.492 e. The number of amides is 2. The molecule has 2 amide bonds. The van der Waals surface area contributed by atoms with Crippen molar-refractivity contribution in [1.29, 1.82) is 0 Å². The van der Waals surface area contributed by atoms with E-state index in [2.05, 4.69) is 5.32 Å². The first-order valence-electron chi connectivity index (χ1n) is 24.9. The van der Waals surface area contributed by atoms with E-state index in [0.29, 0.717) is 19.3 Å². The molecule has 5 aliphatic carbocycles. The molecule has 73 heavy (non-hydrogen) atoms. The van der Waals surface area contributed by atoms with E-state index in [1.165, 1.54) is 24.3 Å². The fourth-order valence-corrected chi connectivity index (χ4v) is 12.6. The number of ether oxygens (including phenoxy) is 5. The summed E-state index contributed by atoms with van der Waals surface area (Å²) in [5.74, 6) is -5.41. The molecule has 1 aromatic carbocycles. The molecule has 0 spiro atoms. The molecule has 2 aromatic rings. The Balaban J connectivity index is 0.857. The number of aliphatic hydroxyl groups is 2. The van der Waals surface area contributed by atoms with Gasteiger partial charge >= 0.3 is 30.1 Å². The number of nitrogens with zero attached hydrogens (tertiary/aromatic N) is 3. The van der Waals surface area contributed by atoms with Gasteiger partial charge in [0.25, 0.3) is 0 Å². The van der Waals surface area contributed by atoms with Gasteiger partial charge in [-0.25, -0.2) is 18.8 Å². The summed E-state index contributed by atoms with van der Waals surface area (Å²) < 4.78 is 44.5. The van der Waals surface area contributed by atoms with E-state index in [4.69, 9.17) is 23.7 Å². The molecule has 6 aliphatic rings. The number of carboxylic acids is 1. The van der Waals surface area contributed by atoms with Crippen LogP contribution in [-0.4, -0.2) is 136 Å². The molecule has 8 rings (SSSR count). The highest BCUT2D eigenvalue weighted by atomic mass is 19.1. The molecule has 0 radical (unpaired) electrons. The van der Waals surface area contributed by atoms with Gasteiger partial charge in [-0.15, -0.1) is 0 Å². The summed E-state index contributed by atoms with van der Waals surface area (Å²) >= 11 is 0. The number of anilines is 1. The van der Waals surface area contributed by atoms with E-state index in [0.717, 1.165) is 24.5 Å². The highest BCUT2D eigenvalue weighted by Gasteiger charge is 2.68. The summed E-state index contributed by atoms with van der Waals surface area (Å²) in [5.41, 5.74) is -4.53. The van der Waals surface area contributed by atoms with E-state index in [1.54, 1.807) is 50.2 Å². The smallest absolute Gasteiger partial charge is 0.413 e. The maximum Gasteiger partial charge on any atom is 0.413 e. The molecule has 0 bridgehead atoms. The van der Waals surface area contributed by atoms with Gasteiger partial charge in [-0.05, 0) is 103 Å². The molecule has 1 saturated heterocycles. The number of ketones is 2. The Morgan fingerprint density at radius 1 is 0.986 bits per heavy atom. The number of halogens is 1. The molecule has 20 nitrogen and oxygen atoms in total. The first-order chi connectivity index (χ1) is 34.3. The van der Waals surface area contributed by atoms with Crippen LogP contribution in [0.2, 0.25) is 0 Å². The third-order valence-electron chi connectivity index (χ3n) is 16.2. The van der Waals surface area contributed by atoms with Gasteiger partial charge in [-0.2, -0.15) is 0 Å². The molecule has 9 atom stereocenters. The molecular weight excluding hydrogens is 956 g/mol. The topological polar surface area (TPSA) is 267 Å². The maximum absolute atomic E-state index is 16.0. The lowest BCUT2D eigenvalue weighted by Crippen LogP contribution is -2.61. The van der Waals surface area contributed by atoms with E-state index in [1.807, 2.05) is 13.0 Å². The average molecular weight is 1020 g/mol. The number of carboxylic acid groups (broad SMARTS) is 1. The number of nitrogens with one attached hydrogen (secondary N) is 1. The number of piperazine rings is 1. The molecule has 4 unspecified atom stereocenters. The van der Waals surface area contributed by atoms with Crippen molar-refractivity contribution in [1.82, 2.24) is 14.8 Å². The predicted octanol–water partition coefficient (Wildman–Crippen LogP) is 5.13. The molecule has 21 heteroatoms. The second-order valence-electron chi connectivity index (χ2n) is 21.9. The summed E-state index contributed by atoms with van der Waals surface area (Å²) in [6.07, 6.45) is 5.85. The Morgan fingerprint density at radius 3 is 2.33 bits per heavy atom. The van der Waals surface area contributed by atoms with Gasteiger partial charge in [0.15, 0.2) is 24.0 Å². The lowest BCUT2D eigenvalue weighted by Gasteiger charge is -2.59. The number of benzene rings is 1. The second-order valence-corrected chi connectivity index (χ2v) is 21.9. The maximum atomic E-state index is 16.0. The van der Waals surface area contributed by atoms with E-state index in [9.17, 15) is 53.7 Å². The summed E-state index contributed by atoms with van der Waals surface area (Å²) in [6, 6.07) is -0.962. The Hall–Kier alpha value is -6.35. The SMILES string of the molecule is COc1c(N2CCN(C(=O)OCOC(=O)C[C@@H](CC(=O)OCC(=O)[C@]3(O)CCC4C5CCC6=CC(=O)C=C[C@@]6(C)C5[C@H](O)C[C@]43C)NC(=O)OC(C)(C)C)C(C)C2)c(F)cc2c(=O)c(C(=O)O)cn(C3CC3)c12. The Bertz CT molecular complexity index is 2740. The number of fused-ring (bicyclic) bond motifs is 6. The predicted molar refractivity (Wildman–Crippen MR) is 257 cm³/mol. The Labute approximate surface area is 420 Å². The number of aromatic carboxylic acids is 1. The number of hydrogen-bond donors (Lipinski definition) is 4. The summed E-state index contributed by atoms with van der Waals surface area (Å²) in [6.45, 7) is 8.87. The Morgan fingerprint density at radius 2 is 1.68 bits per heavy atom. The van der Waals surface area contributed by atoms with Gasteiger partial charge in [-0.3, -0.25) is 24.0 Å². The number of alkyl carbamates (subject to hydrolysis) is 1. The largest absolute Gasteiger partial charge is 0.492 e. The molecule has 396 valence electrons. The van der Waals surface area contributed by atoms with Crippen molar-refractivity contribution in [2.75, 3.05) is 45.0 Å². The number of methoxy groups -OCH3 is 1. The zero-order chi connectivity index (χ0) is 53.1. The molecular formula is C52H65FN4O16. The highest BCUT2D eigenvalue weighted by molar-refractivity contribution is 6.01. The van der Waals surface area contributed by atoms with Crippen molar-refractivity contribution in [2.45, 2.75) is 135 Å². The van der Waals surface area contributed by atoms with E-state index in [-0.39, 0.29) is 84.4 Å². The quantitative estimate of drug-likeness (QED) is 0.109. The van der Waals surface area contributed by atoms with Crippen LogP contribution in [0.3, 0.4) is 0 Å². The number of pyridine rings is 1. The van der Waals surface area contributed by atoms with Crippen LogP contribution in [0.5, 0.6) is 5.75 Å². The number of carbonyl (C=O) groups excluding carboxylic acids is 6. The zero-order valence-electron chi connectivity index (χ0n) is 42.2. The third-order valence-corrected chi connectivity index (χ3v) is 16.2. The summed E-state index contributed by atoms with van der Waals surface area (Å²) in [4.78, 5) is 107. The number of rotatable bonds is 14. The fourth-order valence-electron chi connectivity index (χ4n) is 12.6. The van der Waals surface area contributed by atoms with Crippen LogP contribution in [-0.2, 0) is 38.1 Å². The summed E-state index contributed by atoms with van der Waals surface area (Å²) in [7, 11) is 1.33. The Kier molecular flexibility index (Phi) is 14.4. The minimum absolute atomic E-state index is 0.0224. The van der Waals surface area contributed by atoms with Crippen molar-refractivity contribution in [3.63, 3.8) is 0 Å². The monoisotopic (exact) mass is 1020 g/mol. The number of aromatic nitrogens is 1. The minimum atomic E-state index is -1.93. The van der Waals surface area contributed by atoms with Gasteiger partial charge in [0.05, 0.1) is 43.0 Å². The lowest BCUT2D eigenvalue weighted by molar-refractivity contribution is -0.181. The number of carbonyl (C=O) groups is 7. The van der Waals surface area contributed by atoms with Gasteiger partial charge in [0.1, 0.15) is 22.5 Å². The van der Waals surface area contributed by atoms with Crippen LogP contribution in [0.4, 0.5) is 19.7 Å². The first-order valence-corrected chi connectivity index (χ1v) is 24.9. The molecule has 4 N–H and O–H groups in total. The second kappa shape index (κ2) is 19.8. The van der Waals surface area contributed by atoms with Crippen LogP contribution in [0.25, 0.3) is 10.9 Å². The van der Waals surface area contributed by atoms with Crippen molar-refractivity contribution in [2.24, 2.45) is 28.6 Å². The van der Waals surface area contributed by atoms with Crippen molar-refractivity contribution >= 4 is 58.3 Å². The molecule has 5 fully saturated rings. The van der Waals surface area contributed by atoms with Crippen LogP contribution in [0.15, 0.2) is 40.9 Å². The van der Waals surface area contributed by atoms with Crippen molar-refractivity contribution in [3.05, 3.63) is 57.7 Å². The van der Waals surface area contributed by atoms with Gasteiger partial charge in [0, 0.05) is 54.7 Å². The average Bonchev–Trinajstić information content (AvgIpc) is 4.11. The number of allylic oxidation sites excluding steroid dienone is 4. The fraction of sp³-hybridized carbons (Fsp3) is 0.615. The zero-order valence-corrected chi connectivity index (χ0v) is 42.2. The van der Waals surface area contributed by atoms with Crippen LogP contribution < -0.4 is 20.4 Å². The van der Waals surface area contributed by atoms with Crippen LogP contribution >= 0.6 is 0 Å². The number of aliphatic hydroxyl groups excluding tert-OH is 1. The van der Waals surface area contributed by atoms with E-state index < -0.39 is 119 Å². The van der Waals surface area contributed by atoms with E-state index >= 15 is 4.39 Å². The molecule has 1 aromatic heterocycles. The number of esters is 2. The lowest BCUT2D eigenvalue weighted by atomic mass is 9.46. The standard InChI is InChI=1S/C52H65FN4O16/c1-27-23-55(43-36(53)21-33-42(45(43)69-7)57(30-9-10-30)24-34(44(33)63)46(64)65)16-17-56(27)48(67)72-26-71-40(62)20-29(54-47(66)73-49(2,3)4)19-39(61)70-25-38(60)52(68)15-13-35-32-11-8-28-18-31(58)12-14-50(28,5)41(32)37(59)22-51(35,52)6/h12,14,18,21,24,27,29-30,32,35,37,41,59,68H,8-11,13,15-17,19-20,22-23,25-26H2,1-7H3,(H,54,66)(H,64,65)/t27?,29-,32?,35?,37-,41?,50-,51-,52-/m1/s1. The van der Waals surface area contributed by atoms with Crippen LogP contribution in [0.1, 0.15) is 116 Å². The van der Waals surface area contributed by atoms with Crippen molar-refractivity contribution in [3.8, 4) is 5.75 Å². The first kappa shape index (κ1) is 53.0.